The third-order valence-corrected chi connectivity index (χ3v) is 2.73. The molecular formula is C11H23N3O2. The van der Waals surface area contributed by atoms with Crippen LogP contribution in [0.1, 0.15) is 19.8 Å². The molecule has 0 bridgehead atoms. The van der Waals surface area contributed by atoms with E-state index in [1.165, 1.54) is 0 Å². The molecule has 0 aromatic heterocycles. The van der Waals surface area contributed by atoms with E-state index in [0.29, 0.717) is 12.6 Å². The van der Waals surface area contributed by atoms with Crippen molar-refractivity contribution in [1.82, 2.24) is 16.0 Å². The maximum Gasteiger partial charge on any atom is 0.238 e. The van der Waals surface area contributed by atoms with E-state index in [4.69, 9.17) is 4.74 Å². The van der Waals surface area contributed by atoms with Gasteiger partial charge in [-0.25, -0.2) is 0 Å². The molecule has 1 heterocycles. The first-order chi connectivity index (χ1) is 7.74. The summed E-state index contributed by atoms with van der Waals surface area (Å²) in [6.07, 6.45) is 1.96. The van der Waals surface area contributed by atoms with Crippen molar-refractivity contribution >= 4 is 5.91 Å². The van der Waals surface area contributed by atoms with Crippen molar-refractivity contribution in [3.8, 4) is 0 Å². The standard InChI is InChI=1S/C11H23N3O2/c1-9-7-14-10(8-13-9)11(15)12-5-3-4-6-16-2/h9-10,13-14H,3-8H2,1-2H3,(H,12,15). The molecule has 1 fully saturated rings. The van der Waals surface area contributed by atoms with Crippen molar-refractivity contribution in [1.29, 1.82) is 0 Å². The molecule has 1 amide bonds. The lowest BCUT2D eigenvalue weighted by Crippen LogP contribution is -2.58. The fourth-order valence-corrected chi connectivity index (χ4v) is 1.67. The molecule has 5 heteroatoms. The molecule has 16 heavy (non-hydrogen) atoms. The molecule has 0 radical (unpaired) electrons. The summed E-state index contributed by atoms with van der Waals surface area (Å²) in [5.41, 5.74) is 0. The van der Waals surface area contributed by atoms with Gasteiger partial charge in [0.1, 0.15) is 0 Å². The Morgan fingerprint density at radius 3 is 2.81 bits per heavy atom. The minimum atomic E-state index is -0.0846. The van der Waals surface area contributed by atoms with E-state index in [1.807, 2.05) is 0 Å². The lowest BCUT2D eigenvalue weighted by atomic mass is 10.1. The largest absolute Gasteiger partial charge is 0.385 e. The van der Waals surface area contributed by atoms with Gasteiger partial charge in [0.2, 0.25) is 5.91 Å². The van der Waals surface area contributed by atoms with Crippen molar-refractivity contribution in [2.24, 2.45) is 0 Å². The first-order valence-corrected chi connectivity index (χ1v) is 5.97. The molecule has 2 unspecified atom stereocenters. The number of unbranched alkanes of at least 4 members (excludes halogenated alkanes) is 1. The first-order valence-electron chi connectivity index (χ1n) is 5.97. The Kier molecular flexibility index (Phi) is 6.37. The van der Waals surface area contributed by atoms with Gasteiger partial charge in [-0.3, -0.25) is 4.79 Å². The molecule has 5 nitrogen and oxygen atoms in total. The summed E-state index contributed by atoms with van der Waals surface area (Å²) in [7, 11) is 1.69. The highest BCUT2D eigenvalue weighted by atomic mass is 16.5. The van der Waals surface area contributed by atoms with Crippen LogP contribution in [0.4, 0.5) is 0 Å². The van der Waals surface area contributed by atoms with Crippen LogP contribution in [0, 0.1) is 0 Å². The van der Waals surface area contributed by atoms with Gasteiger partial charge in [0.25, 0.3) is 0 Å². The molecule has 2 atom stereocenters. The molecule has 1 aliphatic heterocycles. The molecule has 0 saturated carbocycles. The van der Waals surface area contributed by atoms with Crippen molar-refractivity contribution in [2.75, 3.05) is 33.4 Å². The van der Waals surface area contributed by atoms with E-state index in [1.54, 1.807) is 7.11 Å². The second-order valence-corrected chi connectivity index (χ2v) is 4.26. The van der Waals surface area contributed by atoms with Gasteiger partial charge < -0.3 is 20.7 Å². The number of carbonyl (C=O) groups excluding carboxylic acids is 1. The third kappa shape index (κ3) is 4.92. The number of nitrogens with one attached hydrogen (secondary N) is 3. The molecule has 0 aromatic carbocycles. The number of ether oxygens (including phenoxy) is 1. The molecule has 94 valence electrons. The Morgan fingerprint density at radius 1 is 1.38 bits per heavy atom. The van der Waals surface area contributed by atoms with Crippen LogP contribution in [0.15, 0.2) is 0 Å². The molecule has 3 N–H and O–H groups in total. The minimum Gasteiger partial charge on any atom is -0.385 e. The summed E-state index contributed by atoms with van der Waals surface area (Å²) in [6.45, 7) is 5.16. The van der Waals surface area contributed by atoms with Crippen molar-refractivity contribution in [3.63, 3.8) is 0 Å². The molecular weight excluding hydrogens is 206 g/mol. The summed E-state index contributed by atoms with van der Waals surface area (Å²) in [4.78, 5) is 11.7. The van der Waals surface area contributed by atoms with Gasteiger partial charge in [-0.2, -0.15) is 0 Å². The van der Waals surface area contributed by atoms with Crippen LogP contribution in [0.25, 0.3) is 0 Å². The van der Waals surface area contributed by atoms with Gasteiger partial charge in [0.15, 0.2) is 0 Å². The topological polar surface area (TPSA) is 62.4 Å². The Morgan fingerprint density at radius 2 is 2.19 bits per heavy atom. The molecule has 1 saturated heterocycles. The van der Waals surface area contributed by atoms with E-state index in [2.05, 4.69) is 22.9 Å². The monoisotopic (exact) mass is 229 g/mol. The van der Waals surface area contributed by atoms with Crippen molar-refractivity contribution in [2.45, 2.75) is 31.8 Å². The number of rotatable bonds is 6. The third-order valence-electron chi connectivity index (χ3n) is 2.73. The number of amides is 1. The SMILES string of the molecule is COCCCCNC(=O)C1CNC(C)CN1. The predicted molar refractivity (Wildman–Crippen MR) is 63.4 cm³/mol. The van der Waals surface area contributed by atoms with Crippen molar-refractivity contribution < 1.29 is 9.53 Å². The zero-order valence-electron chi connectivity index (χ0n) is 10.2. The maximum absolute atomic E-state index is 11.7. The summed E-state index contributed by atoms with van der Waals surface area (Å²) >= 11 is 0. The fourth-order valence-electron chi connectivity index (χ4n) is 1.67. The Balaban J connectivity index is 2.06. The van der Waals surface area contributed by atoms with Gasteiger partial charge in [-0.15, -0.1) is 0 Å². The van der Waals surface area contributed by atoms with Crippen LogP contribution >= 0.6 is 0 Å². The number of hydrogen-bond donors (Lipinski definition) is 3. The molecule has 1 aliphatic rings. The van der Waals surface area contributed by atoms with Crippen LogP contribution in [0.2, 0.25) is 0 Å². The second kappa shape index (κ2) is 7.60. The van der Waals surface area contributed by atoms with Crippen LogP contribution in [-0.4, -0.2) is 51.3 Å². The predicted octanol–water partition coefficient (Wildman–Crippen LogP) is -0.521. The lowest BCUT2D eigenvalue weighted by molar-refractivity contribution is -0.123. The lowest BCUT2D eigenvalue weighted by Gasteiger charge is -2.28. The number of methoxy groups -OCH3 is 1. The zero-order chi connectivity index (χ0) is 11.8. The number of hydrogen-bond acceptors (Lipinski definition) is 4. The maximum atomic E-state index is 11.7. The van der Waals surface area contributed by atoms with E-state index in [9.17, 15) is 4.79 Å². The van der Waals surface area contributed by atoms with Gasteiger partial charge in [0.05, 0.1) is 6.04 Å². The van der Waals surface area contributed by atoms with Crippen molar-refractivity contribution in [3.05, 3.63) is 0 Å². The second-order valence-electron chi connectivity index (χ2n) is 4.26. The summed E-state index contributed by atoms with van der Waals surface area (Å²) in [5.74, 6) is 0.0943. The van der Waals surface area contributed by atoms with E-state index < -0.39 is 0 Å². The first kappa shape index (κ1) is 13.4. The number of piperazine rings is 1. The summed E-state index contributed by atoms with van der Waals surface area (Å²) < 4.78 is 4.94. The highest BCUT2D eigenvalue weighted by molar-refractivity contribution is 5.82. The van der Waals surface area contributed by atoms with Gasteiger partial charge in [0, 0.05) is 39.4 Å². The highest BCUT2D eigenvalue weighted by Crippen LogP contribution is 1.94. The fraction of sp³-hybridized carbons (Fsp3) is 0.909. The van der Waals surface area contributed by atoms with Gasteiger partial charge in [-0.1, -0.05) is 0 Å². The van der Waals surface area contributed by atoms with Crippen LogP contribution in [0.5, 0.6) is 0 Å². The Labute approximate surface area is 97.3 Å². The van der Waals surface area contributed by atoms with E-state index >= 15 is 0 Å². The van der Waals surface area contributed by atoms with E-state index in [-0.39, 0.29) is 11.9 Å². The summed E-state index contributed by atoms with van der Waals surface area (Å²) in [6, 6.07) is 0.365. The molecule has 0 aliphatic carbocycles. The smallest absolute Gasteiger partial charge is 0.238 e. The number of carbonyl (C=O) groups is 1. The quantitative estimate of drug-likeness (QED) is 0.536. The Hall–Kier alpha value is -0.650. The van der Waals surface area contributed by atoms with Crippen LogP contribution in [-0.2, 0) is 9.53 Å². The Bertz CT molecular complexity index is 203. The summed E-state index contributed by atoms with van der Waals surface area (Å²) in [5, 5.41) is 9.43. The molecule has 0 spiro atoms. The average molecular weight is 229 g/mol. The average Bonchev–Trinajstić information content (AvgIpc) is 2.29. The van der Waals surface area contributed by atoms with Gasteiger partial charge >= 0.3 is 0 Å². The van der Waals surface area contributed by atoms with Crippen LogP contribution < -0.4 is 16.0 Å². The van der Waals surface area contributed by atoms with Crippen LogP contribution in [0.3, 0.4) is 0 Å². The highest BCUT2D eigenvalue weighted by Gasteiger charge is 2.22. The van der Waals surface area contributed by atoms with E-state index in [0.717, 1.165) is 32.5 Å². The zero-order valence-corrected chi connectivity index (χ0v) is 10.2. The van der Waals surface area contributed by atoms with Gasteiger partial charge in [-0.05, 0) is 19.8 Å². The normalized spacial score (nSPS) is 25.4. The molecule has 1 rings (SSSR count). The minimum absolute atomic E-state index is 0.0846. The molecule has 0 aromatic rings.